The van der Waals surface area contributed by atoms with Crippen LogP contribution >= 0.6 is 0 Å². The average molecular weight is 426 g/mol. The first-order chi connectivity index (χ1) is 14.7. The molecule has 0 N–H and O–H groups in total. The summed E-state index contributed by atoms with van der Waals surface area (Å²) >= 11 is 0. The Morgan fingerprint density at radius 1 is 1.19 bits per heavy atom. The lowest BCUT2D eigenvalue weighted by Crippen LogP contribution is -2.81. The molecule has 0 amide bonds. The van der Waals surface area contributed by atoms with Gasteiger partial charge in [0.1, 0.15) is 17.5 Å². The van der Waals surface area contributed by atoms with Crippen molar-refractivity contribution in [3.8, 4) is 11.5 Å². The summed E-state index contributed by atoms with van der Waals surface area (Å²) in [4.78, 5) is 16.4. The first kappa shape index (κ1) is 20.0. The van der Waals surface area contributed by atoms with Crippen LogP contribution in [0.4, 0.5) is 0 Å². The highest BCUT2D eigenvalue weighted by Crippen LogP contribution is 2.76. The van der Waals surface area contributed by atoms with Crippen molar-refractivity contribution in [2.75, 3.05) is 27.8 Å². The van der Waals surface area contributed by atoms with Crippen LogP contribution in [0.15, 0.2) is 12.1 Å². The van der Waals surface area contributed by atoms with Crippen LogP contribution in [0.3, 0.4) is 0 Å². The fraction of sp³-hybridized carbons (Fsp3) is 0.731. The molecule has 1 saturated heterocycles. The minimum atomic E-state index is -0.578. The molecule has 6 atom stereocenters. The van der Waals surface area contributed by atoms with Gasteiger partial charge in [0, 0.05) is 35.0 Å². The molecule has 2 aliphatic heterocycles. The summed E-state index contributed by atoms with van der Waals surface area (Å²) in [6.07, 6.45) is 4.83. The van der Waals surface area contributed by atoms with E-state index in [4.69, 9.17) is 14.2 Å². The smallest absolute Gasteiger partial charge is 0.165 e. The number of hydrogen-bond acceptors (Lipinski definition) is 5. The van der Waals surface area contributed by atoms with Crippen molar-refractivity contribution in [3.05, 3.63) is 23.3 Å². The van der Waals surface area contributed by atoms with Crippen molar-refractivity contribution in [3.63, 3.8) is 0 Å². The molecule has 5 nitrogen and oxygen atoms in total. The number of benzene rings is 1. The molecule has 5 heteroatoms. The van der Waals surface area contributed by atoms with Crippen molar-refractivity contribution in [1.82, 2.24) is 4.90 Å². The number of ether oxygens (including phenoxy) is 3. The highest BCUT2D eigenvalue weighted by molar-refractivity contribution is 5.88. The molecule has 0 aromatic heterocycles. The van der Waals surface area contributed by atoms with Gasteiger partial charge in [-0.2, -0.15) is 0 Å². The first-order valence-corrected chi connectivity index (χ1v) is 11.8. The number of carbonyl (C=O) groups excluding carboxylic acids is 1. The summed E-state index contributed by atoms with van der Waals surface area (Å²) in [5.74, 6) is 1.92. The van der Waals surface area contributed by atoms with Crippen molar-refractivity contribution in [2.24, 2.45) is 16.7 Å². The third kappa shape index (κ3) is 2.01. The molecule has 2 spiro atoms. The highest BCUT2D eigenvalue weighted by Gasteiger charge is 2.81. The molecular formula is C26H35NO4. The SMILES string of the molecule is COc1ccc2c3c1O[C@H]1[C@@]4(OC)CC[C@@]5(C[C@H]4C(=O)C(C)(C)C)[C@@H](C2)N(C)CC[C@]315. The molecule has 31 heavy (non-hydrogen) atoms. The van der Waals surface area contributed by atoms with Gasteiger partial charge < -0.3 is 19.1 Å². The minimum absolute atomic E-state index is 0.0428. The quantitative estimate of drug-likeness (QED) is 0.738. The summed E-state index contributed by atoms with van der Waals surface area (Å²) in [5, 5.41) is 0. The van der Waals surface area contributed by atoms with Gasteiger partial charge in [-0.1, -0.05) is 26.8 Å². The Balaban J connectivity index is 1.65. The van der Waals surface area contributed by atoms with E-state index in [1.165, 1.54) is 11.1 Å². The highest BCUT2D eigenvalue weighted by atomic mass is 16.6. The molecule has 2 heterocycles. The maximum absolute atomic E-state index is 13.9. The zero-order valence-corrected chi connectivity index (χ0v) is 19.7. The van der Waals surface area contributed by atoms with Crippen LogP contribution in [0.2, 0.25) is 0 Å². The number of likely N-dealkylation sites (tertiary alicyclic amines) is 1. The second kappa shape index (κ2) is 5.85. The van der Waals surface area contributed by atoms with Gasteiger partial charge in [0.2, 0.25) is 0 Å². The second-order valence-corrected chi connectivity index (χ2v) is 11.7. The van der Waals surface area contributed by atoms with Crippen LogP contribution in [0.5, 0.6) is 11.5 Å². The van der Waals surface area contributed by atoms with E-state index in [-0.39, 0.29) is 22.9 Å². The summed E-state index contributed by atoms with van der Waals surface area (Å²) < 4.78 is 19.1. The number of fused-ring (bicyclic) bond motifs is 2. The van der Waals surface area contributed by atoms with Crippen molar-refractivity contribution in [2.45, 2.75) is 76.0 Å². The summed E-state index contributed by atoms with van der Waals surface area (Å²) in [7, 11) is 5.81. The Labute approximate surface area is 185 Å². The number of ketones is 1. The normalized spacial score (nSPS) is 42.2. The van der Waals surface area contributed by atoms with Gasteiger partial charge in [0.25, 0.3) is 0 Å². The van der Waals surface area contributed by atoms with E-state index in [9.17, 15) is 4.79 Å². The first-order valence-electron chi connectivity index (χ1n) is 11.8. The predicted octanol–water partition coefficient (Wildman–Crippen LogP) is 3.75. The molecule has 0 unspecified atom stereocenters. The topological polar surface area (TPSA) is 48.0 Å². The van der Waals surface area contributed by atoms with Crippen molar-refractivity contribution in [1.29, 1.82) is 0 Å². The number of carbonyl (C=O) groups is 1. The van der Waals surface area contributed by atoms with Crippen LogP contribution in [-0.2, 0) is 21.4 Å². The number of methoxy groups -OCH3 is 2. The molecule has 4 fully saturated rings. The molecule has 3 saturated carbocycles. The third-order valence-corrected chi connectivity index (χ3v) is 9.89. The predicted molar refractivity (Wildman–Crippen MR) is 118 cm³/mol. The maximum Gasteiger partial charge on any atom is 0.165 e. The van der Waals surface area contributed by atoms with Gasteiger partial charge in [-0.3, -0.25) is 4.79 Å². The molecular weight excluding hydrogens is 390 g/mol. The van der Waals surface area contributed by atoms with Crippen LogP contribution < -0.4 is 9.47 Å². The molecule has 4 bridgehead atoms. The fourth-order valence-corrected chi connectivity index (χ4v) is 8.65. The molecule has 1 aromatic carbocycles. The van der Waals surface area contributed by atoms with Crippen LogP contribution in [0, 0.1) is 16.7 Å². The molecule has 1 aromatic rings. The van der Waals surface area contributed by atoms with Gasteiger partial charge in [-0.05, 0) is 57.3 Å². The van der Waals surface area contributed by atoms with Gasteiger partial charge in [0.05, 0.1) is 13.0 Å². The Morgan fingerprint density at radius 3 is 2.65 bits per heavy atom. The van der Waals surface area contributed by atoms with E-state index >= 15 is 0 Å². The Bertz CT molecular complexity index is 982. The molecule has 4 aliphatic carbocycles. The zero-order valence-electron chi connectivity index (χ0n) is 19.7. The number of hydrogen-bond donors (Lipinski definition) is 0. The van der Waals surface area contributed by atoms with E-state index in [0.717, 1.165) is 50.1 Å². The number of piperidine rings is 1. The Hall–Kier alpha value is -1.59. The summed E-state index contributed by atoms with van der Waals surface area (Å²) in [5.41, 5.74) is 1.75. The summed E-state index contributed by atoms with van der Waals surface area (Å²) in [6.45, 7) is 7.20. The number of nitrogens with zero attached hydrogens (tertiary/aromatic N) is 1. The lowest BCUT2D eigenvalue weighted by molar-refractivity contribution is -0.271. The van der Waals surface area contributed by atoms with E-state index in [2.05, 4.69) is 24.1 Å². The van der Waals surface area contributed by atoms with E-state index < -0.39 is 11.0 Å². The van der Waals surface area contributed by atoms with E-state index in [1.807, 2.05) is 20.8 Å². The Morgan fingerprint density at radius 2 is 1.97 bits per heavy atom. The third-order valence-electron chi connectivity index (χ3n) is 9.89. The van der Waals surface area contributed by atoms with Crippen LogP contribution in [0.25, 0.3) is 0 Å². The molecule has 7 rings (SSSR count). The second-order valence-electron chi connectivity index (χ2n) is 11.7. The van der Waals surface area contributed by atoms with Crippen LogP contribution in [0.1, 0.15) is 57.6 Å². The number of Topliss-reactive ketones (excluding diaryl/α,β-unsaturated/α-hetero) is 1. The van der Waals surface area contributed by atoms with Gasteiger partial charge in [-0.15, -0.1) is 0 Å². The minimum Gasteiger partial charge on any atom is -0.493 e. The molecule has 6 aliphatic rings. The lowest BCUT2D eigenvalue weighted by Gasteiger charge is -2.73. The largest absolute Gasteiger partial charge is 0.493 e. The van der Waals surface area contributed by atoms with Gasteiger partial charge in [-0.25, -0.2) is 0 Å². The maximum atomic E-state index is 13.9. The van der Waals surface area contributed by atoms with Gasteiger partial charge in [0.15, 0.2) is 11.5 Å². The summed E-state index contributed by atoms with van der Waals surface area (Å²) in [6, 6.07) is 4.75. The van der Waals surface area contributed by atoms with Gasteiger partial charge >= 0.3 is 0 Å². The number of rotatable bonds is 3. The van der Waals surface area contributed by atoms with Crippen molar-refractivity contribution < 1.29 is 19.0 Å². The van der Waals surface area contributed by atoms with Crippen LogP contribution in [-0.4, -0.2) is 56.2 Å². The fourth-order valence-electron chi connectivity index (χ4n) is 8.65. The average Bonchev–Trinajstić information content (AvgIpc) is 3.11. The van der Waals surface area contributed by atoms with E-state index in [0.29, 0.717) is 11.8 Å². The lowest BCUT2D eigenvalue weighted by atomic mass is 9.34. The molecule has 0 radical (unpaired) electrons. The molecule has 168 valence electrons. The van der Waals surface area contributed by atoms with E-state index in [1.54, 1.807) is 14.2 Å². The monoisotopic (exact) mass is 425 g/mol. The van der Waals surface area contributed by atoms with Crippen molar-refractivity contribution >= 4 is 5.78 Å². The standard InChI is InChI=1S/C26H35NO4/c1-23(2,3)21(28)16-14-24-9-10-26(16,30-6)22-25(24)11-12-27(4)18(24)13-15-7-8-17(29-5)20(31-22)19(15)25/h7-8,16,18,22H,9-14H2,1-6H3/t16-,18+,22+,24+,25-,26+/m0/s1. The zero-order chi connectivity index (χ0) is 22.0. The number of likely N-dealkylation sites (N-methyl/N-ethyl adjacent to an activating group) is 1. The Kier molecular flexibility index (Phi) is 3.78.